The number of nitrogens with zero attached hydrogens (tertiary/aromatic N) is 3. The Morgan fingerprint density at radius 1 is 1.05 bits per heavy atom. The number of imide groups is 1. The summed E-state index contributed by atoms with van der Waals surface area (Å²) in [5.74, 6) is 0.836. The maximum atomic E-state index is 13.3. The molecule has 0 saturated carbocycles. The smallest absolute Gasteiger partial charge is 0.322 e. The van der Waals surface area contributed by atoms with E-state index in [9.17, 15) is 14.4 Å². The van der Waals surface area contributed by atoms with Gasteiger partial charge in [0.05, 0.1) is 19.8 Å². The van der Waals surface area contributed by atoms with Crippen molar-refractivity contribution in [2.75, 3.05) is 37.7 Å². The molecule has 3 aromatic rings. The van der Waals surface area contributed by atoms with Gasteiger partial charge < -0.3 is 24.6 Å². The molecule has 204 valence electrons. The molecule has 0 radical (unpaired) electrons. The largest absolute Gasteiger partial charge is 0.489 e. The minimum absolute atomic E-state index is 0.0109. The Kier molecular flexibility index (Phi) is 6.69. The molecule has 3 aliphatic heterocycles. The zero-order valence-electron chi connectivity index (χ0n) is 21.9. The summed E-state index contributed by atoms with van der Waals surface area (Å²) in [6.45, 7) is 7.37. The van der Waals surface area contributed by atoms with E-state index < -0.39 is 17.5 Å². The van der Waals surface area contributed by atoms with E-state index in [0.29, 0.717) is 36.7 Å². The minimum atomic E-state index is -1.40. The lowest BCUT2D eigenvalue weighted by molar-refractivity contribution is -0.124. The van der Waals surface area contributed by atoms with Gasteiger partial charge in [0.15, 0.2) is 5.54 Å². The molecule has 6 rings (SSSR count). The lowest BCUT2D eigenvalue weighted by atomic mass is 9.88. The Balaban J connectivity index is 1.17. The van der Waals surface area contributed by atoms with Crippen molar-refractivity contribution in [3.05, 3.63) is 95.2 Å². The lowest BCUT2D eigenvalue weighted by Gasteiger charge is -2.31. The second-order valence-electron chi connectivity index (χ2n) is 10.0. The monoisotopic (exact) mass is 539 g/mol. The Morgan fingerprint density at radius 3 is 2.58 bits per heavy atom. The van der Waals surface area contributed by atoms with Crippen LogP contribution in [0.3, 0.4) is 0 Å². The minimum Gasteiger partial charge on any atom is -0.489 e. The summed E-state index contributed by atoms with van der Waals surface area (Å²) in [6, 6.07) is 15.9. The third-order valence-electron chi connectivity index (χ3n) is 7.51. The molecule has 10 nitrogen and oxygen atoms in total. The van der Waals surface area contributed by atoms with Gasteiger partial charge in [-0.05, 0) is 52.6 Å². The topological polar surface area (TPSA) is 113 Å². The molecular weight excluding hydrogens is 510 g/mol. The summed E-state index contributed by atoms with van der Waals surface area (Å²) in [5, 5.41) is 5.09. The molecule has 40 heavy (non-hydrogen) atoms. The van der Waals surface area contributed by atoms with Gasteiger partial charge in [0.1, 0.15) is 18.2 Å². The number of rotatable bonds is 8. The van der Waals surface area contributed by atoms with E-state index in [-0.39, 0.29) is 19.0 Å². The van der Waals surface area contributed by atoms with Crippen LogP contribution in [0.25, 0.3) is 6.08 Å². The van der Waals surface area contributed by atoms with E-state index in [1.54, 1.807) is 41.4 Å². The number of urea groups is 1. The average molecular weight is 540 g/mol. The van der Waals surface area contributed by atoms with Crippen LogP contribution in [0.2, 0.25) is 0 Å². The zero-order chi connectivity index (χ0) is 27.7. The quantitative estimate of drug-likeness (QED) is 0.423. The molecule has 2 saturated heterocycles. The van der Waals surface area contributed by atoms with Crippen LogP contribution in [0.1, 0.15) is 32.6 Å². The molecule has 2 fully saturated rings. The second kappa shape index (κ2) is 10.5. The summed E-state index contributed by atoms with van der Waals surface area (Å²) in [4.78, 5) is 46.8. The van der Waals surface area contributed by atoms with Crippen molar-refractivity contribution < 1.29 is 23.9 Å². The van der Waals surface area contributed by atoms with Gasteiger partial charge in [-0.25, -0.2) is 9.78 Å². The maximum absolute atomic E-state index is 13.3. The van der Waals surface area contributed by atoms with Crippen molar-refractivity contribution in [1.29, 1.82) is 0 Å². The van der Waals surface area contributed by atoms with Crippen LogP contribution in [-0.4, -0.2) is 60.6 Å². The Morgan fingerprint density at radius 2 is 1.85 bits per heavy atom. The number of hydrogen-bond donors (Lipinski definition) is 2. The molecule has 4 amide bonds. The van der Waals surface area contributed by atoms with Crippen molar-refractivity contribution >= 4 is 29.7 Å². The number of benzene rings is 2. The number of aromatic nitrogens is 1. The molecule has 0 unspecified atom stereocenters. The molecule has 4 heterocycles. The SMILES string of the molecule is C=Cc1ccc([C@]2(CN3Cc4cc(OCc5ccnc(N6CCOCC6)c5)ccc4C3=O)NC(=O)NC2=O)cc1. The molecule has 0 bridgehead atoms. The fourth-order valence-electron chi connectivity index (χ4n) is 5.34. The lowest BCUT2D eigenvalue weighted by Crippen LogP contribution is -2.52. The fourth-order valence-corrected chi connectivity index (χ4v) is 5.34. The maximum Gasteiger partial charge on any atom is 0.322 e. The van der Waals surface area contributed by atoms with Crippen LogP contribution >= 0.6 is 0 Å². The van der Waals surface area contributed by atoms with E-state index in [1.165, 1.54) is 0 Å². The number of ether oxygens (including phenoxy) is 2. The van der Waals surface area contributed by atoms with Gasteiger partial charge in [-0.2, -0.15) is 0 Å². The Labute approximate surface area is 231 Å². The molecule has 1 atom stereocenters. The van der Waals surface area contributed by atoms with Crippen LogP contribution in [-0.2, 0) is 28.2 Å². The van der Waals surface area contributed by atoms with Crippen molar-refractivity contribution in [2.24, 2.45) is 0 Å². The highest BCUT2D eigenvalue weighted by Gasteiger charge is 2.50. The number of fused-ring (bicyclic) bond motifs is 1. The van der Waals surface area contributed by atoms with Crippen LogP contribution in [0.4, 0.5) is 10.6 Å². The first-order valence-corrected chi connectivity index (χ1v) is 13.1. The van der Waals surface area contributed by atoms with Crippen LogP contribution in [0, 0.1) is 0 Å². The highest BCUT2D eigenvalue weighted by atomic mass is 16.5. The van der Waals surface area contributed by atoms with Crippen molar-refractivity contribution in [1.82, 2.24) is 20.5 Å². The van der Waals surface area contributed by atoms with Crippen molar-refractivity contribution in [3.63, 3.8) is 0 Å². The Bertz CT molecular complexity index is 1480. The number of anilines is 1. The molecular formula is C30H29N5O5. The van der Waals surface area contributed by atoms with Gasteiger partial charge in [-0.3, -0.25) is 14.9 Å². The van der Waals surface area contributed by atoms with Crippen LogP contribution in [0.15, 0.2) is 67.4 Å². The number of carbonyl (C=O) groups is 3. The van der Waals surface area contributed by atoms with E-state index in [2.05, 4.69) is 27.1 Å². The van der Waals surface area contributed by atoms with Gasteiger partial charge in [-0.15, -0.1) is 0 Å². The van der Waals surface area contributed by atoms with E-state index in [4.69, 9.17) is 9.47 Å². The first kappa shape index (κ1) is 25.6. The summed E-state index contributed by atoms with van der Waals surface area (Å²) < 4.78 is 11.5. The summed E-state index contributed by atoms with van der Waals surface area (Å²) in [5.41, 5.74) is 2.41. The third kappa shape index (κ3) is 4.77. The molecule has 3 aliphatic rings. The summed E-state index contributed by atoms with van der Waals surface area (Å²) >= 11 is 0. The number of carbonyl (C=O) groups excluding carboxylic acids is 3. The van der Waals surface area contributed by atoms with Crippen molar-refractivity contribution in [2.45, 2.75) is 18.7 Å². The predicted octanol–water partition coefficient (Wildman–Crippen LogP) is 2.83. The molecule has 0 aliphatic carbocycles. The third-order valence-corrected chi connectivity index (χ3v) is 7.51. The molecule has 1 aromatic heterocycles. The summed E-state index contributed by atoms with van der Waals surface area (Å²) in [6.07, 6.45) is 3.48. The summed E-state index contributed by atoms with van der Waals surface area (Å²) in [7, 11) is 0. The van der Waals surface area contributed by atoms with Crippen molar-refractivity contribution in [3.8, 4) is 5.75 Å². The average Bonchev–Trinajstić information content (AvgIpc) is 3.46. The normalized spacial score (nSPS) is 20.2. The predicted molar refractivity (Wildman–Crippen MR) is 148 cm³/mol. The molecule has 10 heteroatoms. The van der Waals surface area contributed by atoms with Gasteiger partial charge in [-0.1, -0.05) is 36.9 Å². The van der Waals surface area contributed by atoms with Gasteiger partial charge in [0.25, 0.3) is 11.8 Å². The zero-order valence-corrected chi connectivity index (χ0v) is 21.9. The van der Waals surface area contributed by atoms with Crippen LogP contribution in [0.5, 0.6) is 5.75 Å². The van der Waals surface area contributed by atoms with Crippen LogP contribution < -0.4 is 20.3 Å². The standard InChI is InChI=1S/C30H29N5O5/c1-2-20-3-5-23(6-4-20)30(28(37)32-29(38)33-30)19-35-17-22-16-24(7-8-25(22)27(35)36)40-18-21-9-10-31-26(15-21)34-11-13-39-14-12-34/h2-10,15-16H,1,11-14,17-19H2,(H2,32,33,37,38)/t30-/m0/s1. The first-order chi connectivity index (χ1) is 19.4. The van der Waals surface area contributed by atoms with E-state index in [1.807, 2.05) is 30.3 Å². The number of hydrogen-bond acceptors (Lipinski definition) is 7. The Hall–Kier alpha value is -4.70. The van der Waals surface area contributed by atoms with E-state index >= 15 is 0 Å². The number of amides is 4. The van der Waals surface area contributed by atoms with Gasteiger partial charge >= 0.3 is 6.03 Å². The fraction of sp³-hybridized carbons (Fsp3) is 0.267. The molecule has 2 N–H and O–H groups in total. The first-order valence-electron chi connectivity index (χ1n) is 13.1. The second-order valence-corrected chi connectivity index (χ2v) is 10.0. The van der Waals surface area contributed by atoms with E-state index in [0.717, 1.165) is 35.6 Å². The van der Waals surface area contributed by atoms with Gasteiger partial charge in [0.2, 0.25) is 0 Å². The molecule has 0 spiro atoms. The highest BCUT2D eigenvalue weighted by molar-refractivity contribution is 6.08. The highest BCUT2D eigenvalue weighted by Crippen LogP contribution is 2.33. The van der Waals surface area contributed by atoms with Gasteiger partial charge in [0, 0.05) is 31.4 Å². The number of pyridine rings is 1. The molecule has 2 aromatic carbocycles. The number of nitrogens with one attached hydrogen (secondary N) is 2. The number of morpholine rings is 1.